The van der Waals surface area contributed by atoms with Crippen LogP contribution in [0.4, 0.5) is 5.95 Å². The van der Waals surface area contributed by atoms with Crippen molar-refractivity contribution in [3.63, 3.8) is 0 Å². The lowest BCUT2D eigenvalue weighted by Crippen LogP contribution is -2.41. The van der Waals surface area contributed by atoms with Crippen molar-refractivity contribution in [1.29, 1.82) is 0 Å². The number of nitrogens with one attached hydrogen (secondary N) is 2. The molecule has 2 N–H and O–H groups in total. The first-order valence-corrected chi connectivity index (χ1v) is 8.56. The summed E-state index contributed by atoms with van der Waals surface area (Å²) in [7, 11) is -3.46. The first kappa shape index (κ1) is 15.1. The summed E-state index contributed by atoms with van der Waals surface area (Å²) in [5.41, 5.74) is 1.61. The second kappa shape index (κ2) is 6.45. The van der Waals surface area contributed by atoms with Gasteiger partial charge in [0.15, 0.2) is 0 Å². The lowest BCUT2D eigenvalue weighted by atomic mass is 10.2. The SMILES string of the molecule is CCc1nnc(NS(=O)(=O)C2CCCNC2)nc1CC. The van der Waals surface area contributed by atoms with Crippen LogP contribution in [0.25, 0.3) is 0 Å². The van der Waals surface area contributed by atoms with E-state index in [1.54, 1.807) is 0 Å². The molecule has 0 aliphatic carbocycles. The van der Waals surface area contributed by atoms with Crippen LogP contribution in [0.1, 0.15) is 38.1 Å². The monoisotopic (exact) mass is 299 g/mol. The molecule has 0 bridgehead atoms. The molecule has 0 spiro atoms. The molecule has 8 heteroatoms. The van der Waals surface area contributed by atoms with Crippen LogP contribution in [-0.4, -0.2) is 41.9 Å². The van der Waals surface area contributed by atoms with Gasteiger partial charge in [-0.05, 0) is 32.2 Å². The first-order chi connectivity index (χ1) is 9.56. The summed E-state index contributed by atoms with van der Waals surface area (Å²) in [6, 6.07) is 0. The van der Waals surface area contributed by atoms with Crippen LogP contribution in [0, 0.1) is 0 Å². The topological polar surface area (TPSA) is 96.9 Å². The lowest BCUT2D eigenvalue weighted by molar-refractivity contribution is 0.499. The summed E-state index contributed by atoms with van der Waals surface area (Å²) in [6.45, 7) is 5.28. The van der Waals surface area contributed by atoms with Gasteiger partial charge in [0, 0.05) is 6.54 Å². The largest absolute Gasteiger partial charge is 0.315 e. The highest BCUT2D eigenvalue weighted by atomic mass is 32.2. The molecule has 0 saturated carbocycles. The van der Waals surface area contributed by atoms with Crippen LogP contribution in [0.15, 0.2) is 0 Å². The van der Waals surface area contributed by atoms with Gasteiger partial charge in [-0.15, -0.1) is 10.2 Å². The average molecular weight is 299 g/mol. The van der Waals surface area contributed by atoms with Crippen molar-refractivity contribution in [3.8, 4) is 0 Å². The van der Waals surface area contributed by atoms with Crippen LogP contribution >= 0.6 is 0 Å². The summed E-state index contributed by atoms with van der Waals surface area (Å²) in [5, 5.41) is 10.6. The molecule has 1 unspecified atom stereocenters. The van der Waals surface area contributed by atoms with Gasteiger partial charge in [0.05, 0.1) is 16.6 Å². The highest BCUT2D eigenvalue weighted by molar-refractivity contribution is 7.93. The molecule has 2 heterocycles. The highest BCUT2D eigenvalue weighted by Crippen LogP contribution is 2.15. The smallest absolute Gasteiger partial charge is 0.256 e. The standard InChI is InChI=1S/C12H21N5O2S/c1-3-10-11(4-2)15-16-12(14-10)17-20(18,19)9-6-5-7-13-8-9/h9,13H,3-8H2,1-2H3,(H,14,16,17). The zero-order valence-corrected chi connectivity index (χ0v) is 12.7. The molecule has 112 valence electrons. The van der Waals surface area contributed by atoms with Gasteiger partial charge in [-0.2, -0.15) is 0 Å². The van der Waals surface area contributed by atoms with Crippen molar-refractivity contribution in [2.24, 2.45) is 0 Å². The Kier molecular flexibility index (Phi) is 4.87. The van der Waals surface area contributed by atoms with E-state index in [9.17, 15) is 8.42 Å². The Hall–Kier alpha value is -1.28. The number of aromatic nitrogens is 3. The van der Waals surface area contributed by atoms with Gasteiger partial charge in [0.25, 0.3) is 5.95 Å². The molecular weight excluding hydrogens is 278 g/mol. The van der Waals surface area contributed by atoms with Crippen LogP contribution < -0.4 is 10.0 Å². The Balaban J connectivity index is 2.16. The van der Waals surface area contributed by atoms with Crippen molar-refractivity contribution in [3.05, 3.63) is 11.4 Å². The number of nitrogens with zero attached hydrogens (tertiary/aromatic N) is 3. The summed E-state index contributed by atoms with van der Waals surface area (Å²) in [6.07, 6.45) is 2.96. The van der Waals surface area contributed by atoms with Crippen LogP contribution in [0.3, 0.4) is 0 Å². The Morgan fingerprint density at radius 1 is 1.25 bits per heavy atom. The zero-order valence-electron chi connectivity index (χ0n) is 11.9. The Labute approximate surface area is 119 Å². The Morgan fingerprint density at radius 2 is 2.00 bits per heavy atom. The van der Waals surface area contributed by atoms with E-state index in [1.807, 2.05) is 13.8 Å². The minimum atomic E-state index is -3.46. The minimum Gasteiger partial charge on any atom is -0.315 e. The van der Waals surface area contributed by atoms with Gasteiger partial charge in [-0.25, -0.2) is 18.1 Å². The van der Waals surface area contributed by atoms with Crippen LogP contribution in [0.5, 0.6) is 0 Å². The second-order valence-corrected chi connectivity index (χ2v) is 6.81. The Morgan fingerprint density at radius 3 is 2.60 bits per heavy atom. The third kappa shape index (κ3) is 3.43. The summed E-state index contributed by atoms with van der Waals surface area (Å²) in [4.78, 5) is 4.26. The van der Waals surface area contributed by atoms with Crippen molar-refractivity contribution in [2.75, 3.05) is 17.8 Å². The predicted molar refractivity (Wildman–Crippen MR) is 77.0 cm³/mol. The van der Waals surface area contributed by atoms with E-state index >= 15 is 0 Å². The Bertz CT molecular complexity index is 555. The molecule has 7 nitrogen and oxygen atoms in total. The van der Waals surface area contributed by atoms with E-state index < -0.39 is 15.3 Å². The highest BCUT2D eigenvalue weighted by Gasteiger charge is 2.28. The third-order valence-electron chi connectivity index (χ3n) is 3.43. The molecule has 1 atom stereocenters. The van der Waals surface area contributed by atoms with Gasteiger partial charge >= 0.3 is 0 Å². The number of piperidine rings is 1. The lowest BCUT2D eigenvalue weighted by Gasteiger charge is -2.22. The first-order valence-electron chi connectivity index (χ1n) is 7.01. The molecule has 1 aliphatic heterocycles. The molecule has 1 aromatic heterocycles. The maximum atomic E-state index is 12.3. The molecule has 0 amide bonds. The number of rotatable bonds is 5. The molecule has 1 aromatic rings. The fourth-order valence-corrected chi connectivity index (χ4v) is 3.60. The van der Waals surface area contributed by atoms with Crippen LogP contribution in [-0.2, 0) is 22.9 Å². The number of sulfonamides is 1. The normalized spacial score (nSPS) is 19.8. The van der Waals surface area contributed by atoms with E-state index in [2.05, 4.69) is 25.2 Å². The number of hydrogen-bond donors (Lipinski definition) is 2. The van der Waals surface area contributed by atoms with E-state index in [0.717, 1.165) is 30.8 Å². The molecule has 0 radical (unpaired) electrons. The quantitative estimate of drug-likeness (QED) is 0.821. The second-order valence-electron chi connectivity index (χ2n) is 4.85. The van der Waals surface area contributed by atoms with E-state index in [1.165, 1.54) is 0 Å². The van der Waals surface area contributed by atoms with Gasteiger partial charge in [-0.3, -0.25) is 0 Å². The van der Waals surface area contributed by atoms with E-state index in [4.69, 9.17) is 0 Å². The molecule has 1 aliphatic rings. The van der Waals surface area contributed by atoms with Crippen molar-refractivity contribution in [1.82, 2.24) is 20.5 Å². The fraction of sp³-hybridized carbons (Fsp3) is 0.750. The molecule has 1 fully saturated rings. The van der Waals surface area contributed by atoms with Gasteiger partial charge in [-0.1, -0.05) is 13.8 Å². The fourth-order valence-electron chi connectivity index (χ4n) is 2.28. The molecule has 0 aromatic carbocycles. The summed E-state index contributed by atoms with van der Waals surface area (Å²) in [5.74, 6) is 0.0737. The molecule has 20 heavy (non-hydrogen) atoms. The number of hydrogen-bond acceptors (Lipinski definition) is 6. The maximum absolute atomic E-state index is 12.3. The summed E-state index contributed by atoms with van der Waals surface area (Å²) < 4.78 is 27.0. The van der Waals surface area contributed by atoms with Gasteiger partial charge in [0.1, 0.15) is 0 Å². The third-order valence-corrected chi connectivity index (χ3v) is 5.18. The minimum absolute atomic E-state index is 0.0737. The van der Waals surface area contributed by atoms with Crippen molar-refractivity contribution in [2.45, 2.75) is 44.8 Å². The number of anilines is 1. The maximum Gasteiger partial charge on any atom is 0.256 e. The molecular formula is C12H21N5O2S. The van der Waals surface area contributed by atoms with E-state index in [0.29, 0.717) is 19.4 Å². The van der Waals surface area contributed by atoms with E-state index in [-0.39, 0.29) is 5.95 Å². The molecule has 2 rings (SSSR count). The van der Waals surface area contributed by atoms with Crippen LogP contribution in [0.2, 0.25) is 0 Å². The zero-order chi connectivity index (χ0) is 14.6. The van der Waals surface area contributed by atoms with Gasteiger partial charge in [0.2, 0.25) is 10.0 Å². The van der Waals surface area contributed by atoms with Gasteiger partial charge < -0.3 is 5.32 Å². The van der Waals surface area contributed by atoms with Crippen molar-refractivity contribution < 1.29 is 8.42 Å². The molecule has 1 saturated heterocycles. The predicted octanol–water partition coefficient (Wildman–Crippen LogP) is 0.490. The number of aryl methyl sites for hydroxylation is 2. The van der Waals surface area contributed by atoms with Crippen molar-refractivity contribution >= 4 is 16.0 Å². The average Bonchev–Trinajstić information content (AvgIpc) is 2.47. The summed E-state index contributed by atoms with van der Waals surface area (Å²) >= 11 is 0.